The predicted molar refractivity (Wildman–Crippen MR) is 86.5 cm³/mol. The number of hydrogen-bond acceptors (Lipinski definition) is 4. The van der Waals surface area contributed by atoms with Gasteiger partial charge < -0.3 is 15.8 Å². The van der Waals surface area contributed by atoms with Crippen LogP contribution in [0.4, 0.5) is 0 Å². The molecule has 0 aromatic rings. The SMILES string of the molecule is NC(=O)C1(C(C2CCCOC2)N2CCNCC2)CCCCC1. The van der Waals surface area contributed by atoms with Gasteiger partial charge in [0.2, 0.25) is 5.91 Å². The van der Waals surface area contributed by atoms with Crippen molar-refractivity contribution in [3.63, 3.8) is 0 Å². The lowest BCUT2D eigenvalue weighted by Gasteiger charge is -2.51. The number of piperazine rings is 1. The standard InChI is InChI=1S/C17H31N3O2/c18-16(21)17(6-2-1-3-7-17)15(14-5-4-12-22-13-14)20-10-8-19-9-11-20/h14-15,19H,1-13H2,(H2,18,21). The molecular formula is C17H31N3O2. The van der Waals surface area contributed by atoms with E-state index in [1.54, 1.807) is 0 Å². The largest absolute Gasteiger partial charge is 0.381 e. The number of nitrogens with two attached hydrogens (primary N) is 1. The quantitative estimate of drug-likeness (QED) is 0.817. The van der Waals surface area contributed by atoms with Crippen LogP contribution in [-0.2, 0) is 9.53 Å². The maximum atomic E-state index is 12.5. The third-order valence-corrected chi connectivity index (χ3v) is 5.99. The molecule has 5 heteroatoms. The molecule has 126 valence electrons. The van der Waals surface area contributed by atoms with Crippen LogP contribution in [0.5, 0.6) is 0 Å². The molecule has 2 aliphatic heterocycles. The highest BCUT2D eigenvalue weighted by Gasteiger charge is 2.50. The number of ether oxygens (including phenoxy) is 1. The van der Waals surface area contributed by atoms with Crippen molar-refractivity contribution in [3.8, 4) is 0 Å². The molecule has 3 N–H and O–H groups in total. The fourth-order valence-corrected chi connectivity index (χ4v) is 4.94. The third kappa shape index (κ3) is 3.17. The molecule has 22 heavy (non-hydrogen) atoms. The smallest absolute Gasteiger partial charge is 0.225 e. The molecule has 1 saturated carbocycles. The molecule has 3 fully saturated rings. The molecule has 1 aliphatic carbocycles. The van der Waals surface area contributed by atoms with Crippen LogP contribution in [0, 0.1) is 11.3 Å². The monoisotopic (exact) mass is 309 g/mol. The number of carbonyl (C=O) groups is 1. The number of rotatable bonds is 4. The molecule has 0 radical (unpaired) electrons. The number of amides is 1. The summed E-state index contributed by atoms with van der Waals surface area (Å²) in [6, 6.07) is 0.271. The van der Waals surface area contributed by atoms with Crippen LogP contribution in [0.1, 0.15) is 44.9 Å². The first-order chi connectivity index (χ1) is 10.7. The van der Waals surface area contributed by atoms with Crippen LogP contribution in [0.25, 0.3) is 0 Å². The maximum Gasteiger partial charge on any atom is 0.225 e. The van der Waals surface area contributed by atoms with Crippen LogP contribution in [0.2, 0.25) is 0 Å². The van der Waals surface area contributed by atoms with E-state index in [9.17, 15) is 4.79 Å². The van der Waals surface area contributed by atoms with Gasteiger partial charge in [0.15, 0.2) is 0 Å². The Balaban J connectivity index is 1.88. The van der Waals surface area contributed by atoms with Crippen LogP contribution in [0.15, 0.2) is 0 Å². The summed E-state index contributed by atoms with van der Waals surface area (Å²) < 4.78 is 5.78. The summed E-state index contributed by atoms with van der Waals surface area (Å²) >= 11 is 0. The molecule has 2 heterocycles. The number of carbonyl (C=O) groups excluding carboxylic acids is 1. The van der Waals surface area contributed by atoms with Crippen LogP contribution < -0.4 is 11.1 Å². The van der Waals surface area contributed by atoms with E-state index >= 15 is 0 Å². The lowest BCUT2D eigenvalue weighted by atomic mass is 9.63. The van der Waals surface area contributed by atoms with E-state index < -0.39 is 0 Å². The topological polar surface area (TPSA) is 67.6 Å². The van der Waals surface area contributed by atoms with Crippen molar-refractivity contribution < 1.29 is 9.53 Å². The van der Waals surface area contributed by atoms with Crippen molar-refractivity contribution in [1.29, 1.82) is 0 Å². The van der Waals surface area contributed by atoms with Gasteiger partial charge in [-0.25, -0.2) is 0 Å². The summed E-state index contributed by atoms with van der Waals surface area (Å²) in [5.41, 5.74) is 5.66. The highest BCUT2D eigenvalue weighted by Crippen LogP contribution is 2.45. The van der Waals surface area contributed by atoms with Gasteiger partial charge in [-0.05, 0) is 31.6 Å². The first-order valence-corrected chi connectivity index (χ1v) is 9.06. The van der Waals surface area contributed by atoms with Gasteiger partial charge in [0, 0.05) is 38.8 Å². The van der Waals surface area contributed by atoms with Crippen LogP contribution in [-0.4, -0.2) is 56.2 Å². The van der Waals surface area contributed by atoms with E-state index in [1.807, 2.05) is 0 Å². The van der Waals surface area contributed by atoms with E-state index in [-0.39, 0.29) is 17.4 Å². The van der Waals surface area contributed by atoms with Gasteiger partial charge in [-0.2, -0.15) is 0 Å². The predicted octanol–water partition coefficient (Wildman–Crippen LogP) is 1.12. The third-order valence-electron chi connectivity index (χ3n) is 5.99. The van der Waals surface area contributed by atoms with Gasteiger partial charge in [0.25, 0.3) is 0 Å². The number of primary amides is 1. The van der Waals surface area contributed by atoms with E-state index in [0.717, 1.165) is 71.5 Å². The first-order valence-electron chi connectivity index (χ1n) is 9.06. The Bertz CT molecular complexity index is 352. The van der Waals surface area contributed by atoms with Crippen molar-refractivity contribution in [1.82, 2.24) is 10.2 Å². The summed E-state index contributed by atoms with van der Waals surface area (Å²) in [4.78, 5) is 15.1. The van der Waals surface area contributed by atoms with Crippen LogP contribution >= 0.6 is 0 Å². The second-order valence-electron chi connectivity index (χ2n) is 7.29. The highest BCUT2D eigenvalue weighted by atomic mass is 16.5. The second-order valence-corrected chi connectivity index (χ2v) is 7.29. The van der Waals surface area contributed by atoms with E-state index in [1.165, 1.54) is 12.8 Å². The van der Waals surface area contributed by atoms with Crippen molar-refractivity contribution in [2.75, 3.05) is 39.4 Å². The molecule has 0 aromatic heterocycles. The van der Waals surface area contributed by atoms with Crippen LogP contribution in [0.3, 0.4) is 0 Å². The Labute approximate surface area is 133 Å². The van der Waals surface area contributed by atoms with E-state index in [4.69, 9.17) is 10.5 Å². The summed E-state index contributed by atoms with van der Waals surface area (Å²) in [6.07, 6.45) is 7.73. The van der Waals surface area contributed by atoms with Gasteiger partial charge in [-0.3, -0.25) is 9.69 Å². The van der Waals surface area contributed by atoms with Crippen molar-refractivity contribution >= 4 is 5.91 Å². The van der Waals surface area contributed by atoms with E-state index in [0.29, 0.717) is 5.92 Å². The molecule has 0 aromatic carbocycles. The van der Waals surface area contributed by atoms with Crippen molar-refractivity contribution in [3.05, 3.63) is 0 Å². The first kappa shape index (κ1) is 16.2. The zero-order valence-corrected chi connectivity index (χ0v) is 13.7. The molecular weight excluding hydrogens is 278 g/mol. The molecule has 0 bridgehead atoms. The Morgan fingerprint density at radius 2 is 1.91 bits per heavy atom. The number of nitrogens with zero attached hydrogens (tertiary/aromatic N) is 1. The molecule has 3 aliphatic rings. The average molecular weight is 309 g/mol. The lowest BCUT2D eigenvalue weighted by molar-refractivity contribution is -0.140. The summed E-state index contributed by atoms with van der Waals surface area (Å²) in [7, 11) is 0. The normalized spacial score (nSPS) is 31.5. The van der Waals surface area contributed by atoms with Gasteiger partial charge in [0.05, 0.1) is 12.0 Å². The van der Waals surface area contributed by atoms with E-state index in [2.05, 4.69) is 10.2 Å². The molecule has 5 nitrogen and oxygen atoms in total. The van der Waals surface area contributed by atoms with Gasteiger partial charge in [-0.1, -0.05) is 19.3 Å². The van der Waals surface area contributed by atoms with Crippen molar-refractivity contribution in [2.45, 2.75) is 51.0 Å². The van der Waals surface area contributed by atoms with Gasteiger partial charge in [0.1, 0.15) is 0 Å². The molecule has 3 rings (SSSR count). The fraction of sp³-hybridized carbons (Fsp3) is 0.941. The van der Waals surface area contributed by atoms with Gasteiger partial charge in [-0.15, -0.1) is 0 Å². The lowest BCUT2D eigenvalue weighted by Crippen LogP contribution is -2.62. The minimum atomic E-state index is -0.332. The molecule has 0 spiro atoms. The molecule has 2 atom stereocenters. The molecule has 2 saturated heterocycles. The van der Waals surface area contributed by atoms with Crippen molar-refractivity contribution in [2.24, 2.45) is 17.1 Å². The Morgan fingerprint density at radius 1 is 1.18 bits per heavy atom. The summed E-state index contributed by atoms with van der Waals surface area (Å²) in [5.74, 6) is 0.388. The average Bonchev–Trinajstić information content (AvgIpc) is 2.58. The van der Waals surface area contributed by atoms with Gasteiger partial charge >= 0.3 is 0 Å². The molecule has 1 amide bonds. The Hall–Kier alpha value is -0.650. The minimum Gasteiger partial charge on any atom is -0.381 e. The maximum absolute atomic E-state index is 12.5. The second kappa shape index (κ2) is 7.28. The zero-order valence-electron chi connectivity index (χ0n) is 13.7. The Kier molecular flexibility index (Phi) is 5.37. The fourth-order valence-electron chi connectivity index (χ4n) is 4.94. The number of hydrogen-bond donors (Lipinski definition) is 2. The summed E-state index contributed by atoms with van der Waals surface area (Å²) in [6.45, 7) is 5.74. The molecule has 2 unspecified atom stereocenters. The number of nitrogens with one attached hydrogen (secondary N) is 1. The Morgan fingerprint density at radius 3 is 2.50 bits per heavy atom. The highest BCUT2D eigenvalue weighted by molar-refractivity contribution is 5.82. The zero-order chi connectivity index (χ0) is 15.4. The summed E-state index contributed by atoms with van der Waals surface area (Å²) in [5, 5.41) is 3.43. The minimum absolute atomic E-state index is 0.0682.